The molecule has 2 aromatic rings. The fourth-order valence-corrected chi connectivity index (χ4v) is 8.99. The Hall–Kier alpha value is -2.12. The van der Waals surface area contributed by atoms with Crippen molar-refractivity contribution in [3.05, 3.63) is 72.8 Å². The van der Waals surface area contributed by atoms with E-state index in [4.69, 9.17) is 10.8 Å². The molecule has 0 aliphatic heterocycles. The van der Waals surface area contributed by atoms with Crippen molar-refractivity contribution >= 4 is 18.7 Å². The van der Waals surface area contributed by atoms with Gasteiger partial charge in [0.25, 0.3) is 8.32 Å². The van der Waals surface area contributed by atoms with E-state index in [1.807, 2.05) is 0 Å². The van der Waals surface area contributed by atoms with Crippen LogP contribution in [0, 0.1) is 18.3 Å². The van der Waals surface area contributed by atoms with E-state index in [9.17, 15) is 5.11 Å². The third-order valence-electron chi connectivity index (χ3n) is 5.68. The third kappa shape index (κ3) is 4.00. The molecule has 2 aromatic carbocycles. The fraction of sp³-hybridized carbons (Fsp3) is 0.360. The molecule has 0 amide bonds. The van der Waals surface area contributed by atoms with E-state index < -0.39 is 14.4 Å². The first-order valence-corrected chi connectivity index (χ1v) is 11.9. The molecule has 0 saturated heterocycles. The summed E-state index contributed by atoms with van der Waals surface area (Å²) >= 11 is 0. The van der Waals surface area contributed by atoms with Crippen LogP contribution in [0.15, 0.2) is 72.8 Å². The van der Waals surface area contributed by atoms with Crippen LogP contribution in [-0.2, 0) is 4.43 Å². The van der Waals surface area contributed by atoms with Crippen LogP contribution in [0.3, 0.4) is 0 Å². The lowest BCUT2D eigenvalue weighted by Crippen LogP contribution is -2.67. The predicted octanol–water partition coefficient (Wildman–Crippen LogP) is 3.89. The van der Waals surface area contributed by atoms with Gasteiger partial charge in [0.05, 0.1) is 6.10 Å². The third-order valence-corrected chi connectivity index (χ3v) is 10.7. The van der Waals surface area contributed by atoms with Gasteiger partial charge < -0.3 is 9.53 Å². The zero-order valence-electron chi connectivity index (χ0n) is 17.0. The van der Waals surface area contributed by atoms with Crippen molar-refractivity contribution in [2.45, 2.75) is 50.9 Å². The number of aliphatic hydroxyl groups is 1. The van der Waals surface area contributed by atoms with E-state index in [-0.39, 0.29) is 17.1 Å². The summed E-state index contributed by atoms with van der Waals surface area (Å²) in [5.41, 5.74) is 0. The van der Waals surface area contributed by atoms with Gasteiger partial charge in [0.1, 0.15) is 6.10 Å². The molecule has 3 rings (SSSR count). The topological polar surface area (TPSA) is 29.5 Å². The minimum absolute atomic E-state index is 0.0469. The molecule has 28 heavy (non-hydrogen) atoms. The van der Waals surface area contributed by atoms with Crippen LogP contribution in [0.5, 0.6) is 0 Å². The number of hydrogen-bond donors (Lipinski definition) is 1. The minimum Gasteiger partial charge on any atom is -0.401 e. The number of allylic oxidation sites excluding steroid dienone is 1. The Morgan fingerprint density at radius 1 is 1.07 bits per heavy atom. The molecule has 0 radical (unpaired) electrons. The average molecular weight is 391 g/mol. The lowest BCUT2D eigenvalue weighted by molar-refractivity contribution is 0.128. The molecule has 3 atom stereocenters. The monoisotopic (exact) mass is 390 g/mol. The lowest BCUT2D eigenvalue weighted by atomic mass is 9.97. The Kier molecular flexibility index (Phi) is 6.25. The molecule has 1 N–H and O–H groups in total. The molecular weight excluding hydrogens is 360 g/mol. The lowest BCUT2D eigenvalue weighted by Gasteiger charge is -2.45. The highest BCUT2D eigenvalue weighted by molar-refractivity contribution is 6.99. The molecule has 0 spiro atoms. The maximum atomic E-state index is 10.0. The van der Waals surface area contributed by atoms with Gasteiger partial charge in [-0.05, 0) is 34.2 Å². The van der Waals surface area contributed by atoms with Crippen LogP contribution in [0.4, 0.5) is 0 Å². The summed E-state index contributed by atoms with van der Waals surface area (Å²) < 4.78 is 7.17. The summed E-state index contributed by atoms with van der Waals surface area (Å²) in [6.45, 7) is 6.84. The average Bonchev–Trinajstić information content (AvgIpc) is 3.12. The Bertz CT molecular complexity index is 791. The summed E-state index contributed by atoms with van der Waals surface area (Å²) in [7, 11) is -2.60. The molecule has 2 nitrogen and oxygen atoms in total. The molecule has 0 saturated carbocycles. The van der Waals surface area contributed by atoms with E-state index in [0.29, 0.717) is 6.42 Å². The van der Waals surface area contributed by atoms with Crippen molar-refractivity contribution in [3.8, 4) is 12.3 Å². The normalized spacial score (nSPS) is 20.7. The number of terminal acetylenes is 1. The SMILES string of the molecule is C#C[C@@H](O)C[C@H]1CC=C[C@H]1O[Si](c1ccccc1)(c1ccccc1)C(C)(C)C. The summed E-state index contributed by atoms with van der Waals surface area (Å²) in [6, 6.07) is 21.3. The van der Waals surface area contributed by atoms with E-state index in [0.717, 1.165) is 6.42 Å². The van der Waals surface area contributed by atoms with Crippen molar-refractivity contribution in [2.75, 3.05) is 0 Å². The van der Waals surface area contributed by atoms with Crippen molar-refractivity contribution < 1.29 is 9.53 Å². The van der Waals surface area contributed by atoms with Gasteiger partial charge in [-0.3, -0.25) is 0 Å². The van der Waals surface area contributed by atoms with E-state index >= 15 is 0 Å². The maximum Gasteiger partial charge on any atom is 0.261 e. The highest BCUT2D eigenvalue weighted by Crippen LogP contribution is 2.40. The molecule has 1 aliphatic carbocycles. The second-order valence-electron chi connectivity index (χ2n) is 8.59. The van der Waals surface area contributed by atoms with Crippen LogP contribution in [0.2, 0.25) is 5.04 Å². The van der Waals surface area contributed by atoms with Gasteiger partial charge in [0.2, 0.25) is 0 Å². The van der Waals surface area contributed by atoms with E-state index in [2.05, 4.69) is 99.5 Å². The van der Waals surface area contributed by atoms with Crippen LogP contribution >= 0.6 is 0 Å². The Labute approximate surface area is 170 Å². The second-order valence-corrected chi connectivity index (χ2v) is 12.8. The number of aliphatic hydroxyl groups excluding tert-OH is 1. The number of benzene rings is 2. The van der Waals surface area contributed by atoms with Crippen molar-refractivity contribution in [2.24, 2.45) is 5.92 Å². The van der Waals surface area contributed by atoms with Crippen molar-refractivity contribution in [1.82, 2.24) is 0 Å². The van der Waals surface area contributed by atoms with Crippen LogP contribution < -0.4 is 10.4 Å². The van der Waals surface area contributed by atoms with Gasteiger partial charge in [-0.1, -0.05) is 99.5 Å². The van der Waals surface area contributed by atoms with Crippen LogP contribution in [-0.4, -0.2) is 25.6 Å². The predicted molar refractivity (Wildman–Crippen MR) is 119 cm³/mol. The smallest absolute Gasteiger partial charge is 0.261 e. The van der Waals surface area contributed by atoms with E-state index in [1.54, 1.807) is 0 Å². The van der Waals surface area contributed by atoms with Crippen LogP contribution in [0.1, 0.15) is 33.6 Å². The molecule has 0 unspecified atom stereocenters. The zero-order valence-corrected chi connectivity index (χ0v) is 18.0. The summed E-state index contributed by atoms with van der Waals surface area (Å²) in [4.78, 5) is 0. The Morgan fingerprint density at radius 2 is 1.61 bits per heavy atom. The Balaban J connectivity index is 2.09. The Morgan fingerprint density at radius 3 is 2.07 bits per heavy atom. The highest BCUT2D eigenvalue weighted by atomic mass is 28.4. The molecule has 0 heterocycles. The molecule has 0 bridgehead atoms. The fourth-order valence-electron chi connectivity index (χ4n) is 4.29. The number of hydrogen-bond acceptors (Lipinski definition) is 2. The number of rotatable bonds is 6. The van der Waals surface area contributed by atoms with Crippen molar-refractivity contribution in [3.63, 3.8) is 0 Å². The highest BCUT2D eigenvalue weighted by Gasteiger charge is 2.52. The molecular formula is C25H30O2Si. The van der Waals surface area contributed by atoms with Gasteiger partial charge in [-0.25, -0.2) is 0 Å². The van der Waals surface area contributed by atoms with Crippen molar-refractivity contribution in [1.29, 1.82) is 0 Å². The summed E-state index contributed by atoms with van der Waals surface area (Å²) in [6.07, 6.45) is 10.4. The van der Waals surface area contributed by atoms with Gasteiger partial charge in [-0.15, -0.1) is 6.42 Å². The maximum absolute atomic E-state index is 10.0. The van der Waals surface area contributed by atoms with Gasteiger partial charge in [0.15, 0.2) is 0 Å². The first-order chi connectivity index (χ1) is 13.4. The van der Waals surface area contributed by atoms with Gasteiger partial charge in [-0.2, -0.15) is 0 Å². The molecule has 0 aromatic heterocycles. The van der Waals surface area contributed by atoms with Gasteiger partial charge in [0, 0.05) is 0 Å². The second kappa shape index (κ2) is 8.49. The first-order valence-electron chi connectivity index (χ1n) is 9.98. The summed E-state index contributed by atoms with van der Waals surface area (Å²) in [5, 5.41) is 12.5. The van der Waals surface area contributed by atoms with E-state index in [1.165, 1.54) is 10.4 Å². The quantitative estimate of drug-likeness (QED) is 0.461. The zero-order chi connectivity index (χ0) is 20.2. The largest absolute Gasteiger partial charge is 0.401 e. The molecule has 0 fully saturated rings. The van der Waals surface area contributed by atoms with Gasteiger partial charge >= 0.3 is 0 Å². The summed E-state index contributed by atoms with van der Waals surface area (Å²) in [5.74, 6) is 2.65. The van der Waals surface area contributed by atoms with Crippen LogP contribution in [0.25, 0.3) is 0 Å². The first kappa shape index (κ1) is 20.6. The minimum atomic E-state index is -2.60. The molecule has 146 valence electrons. The molecule has 3 heteroatoms. The standard InChI is InChI=1S/C25H30O2Si/c1-5-21(26)19-20-13-12-18-24(20)27-28(25(2,3)4,22-14-8-6-9-15-22)23-16-10-7-11-17-23/h1,6-12,14-18,20-21,24,26H,13,19H2,2-4H3/t20-,21-,24-/m1/s1. The molecule has 1 aliphatic rings.